The van der Waals surface area contributed by atoms with E-state index in [1.165, 1.54) is 51.6 Å². The van der Waals surface area contributed by atoms with Gasteiger partial charge in [0.1, 0.15) is 0 Å². The number of rotatable bonds is 4. The van der Waals surface area contributed by atoms with Crippen molar-refractivity contribution in [3.8, 4) is 0 Å². The molecule has 1 aliphatic carbocycles. The molecule has 3 aliphatic rings. The molecule has 4 rings (SSSR count). The van der Waals surface area contributed by atoms with Gasteiger partial charge in [0.2, 0.25) is 0 Å². The Morgan fingerprint density at radius 2 is 2.11 bits per heavy atom. The minimum atomic E-state index is 0.645. The lowest BCUT2D eigenvalue weighted by molar-refractivity contribution is 0.175. The molecule has 3 heterocycles. The van der Waals surface area contributed by atoms with E-state index in [0.717, 1.165) is 18.0 Å². The van der Waals surface area contributed by atoms with Crippen molar-refractivity contribution in [2.75, 3.05) is 13.1 Å². The first kappa shape index (κ1) is 12.4. The van der Waals surface area contributed by atoms with Gasteiger partial charge in [-0.2, -0.15) is 0 Å². The van der Waals surface area contributed by atoms with Crippen LogP contribution in [0.15, 0.2) is 17.5 Å². The first-order valence-corrected chi connectivity index (χ1v) is 8.83. The normalized spacial score (nSPS) is 33.3. The van der Waals surface area contributed by atoms with Crippen LogP contribution in [-0.4, -0.2) is 30.1 Å². The van der Waals surface area contributed by atoms with Crippen LogP contribution in [0.25, 0.3) is 0 Å². The lowest BCUT2D eigenvalue weighted by atomic mass is 9.97. The van der Waals surface area contributed by atoms with Crippen molar-refractivity contribution in [1.82, 2.24) is 10.2 Å². The molecule has 2 saturated heterocycles. The van der Waals surface area contributed by atoms with Gasteiger partial charge in [-0.3, -0.25) is 4.90 Å². The Morgan fingerprint density at radius 1 is 1.16 bits per heavy atom. The molecule has 3 fully saturated rings. The lowest BCUT2D eigenvalue weighted by Crippen LogP contribution is -2.46. The van der Waals surface area contributed by atoms with Crippen LogP contribution in [0.3, 0.4) is 0 Å². The number of fused-ring (bicyclic) bond motifs is 1. The third-order valence-corrected chi connectivity index (χ3v) is 6.15. The highest BCUT2D eigenvalue weighted by atomic mass is 32.1. The molecule has 3 unspecified atom stereocenters. The fourth-order valence-corrected chi connectivity index (χ4v) is 4.90. The maximum atomic E-state index is 4.05. The van der Waals surface area contributed by atoms with E-state index in [0.29, 0.717) is 6.04 Å². The van der Waals surface area contributed by atoms with Gasteiger partial charge in [-0.15, -0.1) is 11.3 Å². The van der Waals surface area contributed by atoms with Crippen molar-refractivity contribution in [1.29, 1.82) is 0 Å². The van der Waals surface area contributed by atoms with Crippen LogP contribution in [0, 0.1) is 5.92 Å². The predicted octanol–water partition coefficient (Wildman–Crippen LogP) is 3.42. The lowest BCUT2D eigenvalue weighted by Gasteiger charge is -2.34. The average Bonchev–Trinajstić information content (AvgIpc) is 3.00. The van der Waals surface area contributed by atoms with E-state index in [-0.39, 0.29) is 0 Å². The van der Waals surface area contributed by atoms with Crippen LogP contribution in [0.4, 0.5) is 0 Å². The molecule has 0 aromatic carbocycles. The maximum absolute atomic E-state index is 4.05. The van der Waals surface area contributed by atoms with Crippen LogP contribution in [0.1, 0.15) is 49.4 Å². The Kier molecular flexibility index (Phi) is 3.38. The summed E-state index contributed by atoms with van der Waals surface area (Å²) in [6.45, 7) is 2.67. The van der Waals surface area contributed by atoms with Gasteiger partial charge in [0.15, 0.2) is 0 Å². The van der Waals surface area contributed by atoms with E-state index in [4.69, 9.17) is 0 Å². The van der Waals surface area contributed by atoms with E-state index >= 15 is 0 Å². The zero-order chi connectivity index (χ0) is 12.7. The zero-order valence-corrected chi connectivity index (χ0v) is 12.4. The summed E-state index contributed by atoms with van der Waals surface area (Å²) in [5, 5.41) is 6.28. The second-order valence-corrected chi connectivity index (χ2v) is 7.47. The van der Waals surface area contributed by atoms with Crippen molar-refractivity contribution in [3.63, 3.8) is 0 Å². The van der Waals surface area contributed by atoms with Crippen molar-refractivity contribution in [2.24, 2.45) is 5.92 Å². The van der Waals surface area contributed by atoms with Gasteiger partial charge in [-0.05, 0) is 56.0 Å². The topological polar surface area (TPSA) is 15.3 Å². The minimum absolute atomic E-state index is 0.645. The molecule has 104 valence electrons. The number of hydrogen-bond acceptors (Lipinski definition) is 3. The van der Waals surface area contributed by atoms with Gasteiger partial charge in [0, 0.05) is 29.5 Å². The van der Waals surface area contributed by atoms with Crippen LogP contribution >= 0.6 is 11.3 Å². The first-order valence-electron chi connectivity index (χ1n) is 7.95. The molecule has 2 aliphatic heterocycles. The fourth-order valence-electron chi connectivity index (χ4n) is 4.02. The molecular formula is C16H24N2S. The van der Waals surface area contributed by atoms with Gasteiger partial charge in [0.25, 0.3) is 0 Å². The SMILES string of the molecule is c1csc(C(NC2CCN3CCCCC23)C2CC2)c1. The molecule has 1 aromatic rings. The van der Waals surface area contributed by atoms with E-state index in [9.17, 15) is 0 Å². The van der Waals surface area contributed by atoms with Crippen molar-refractivity contribution in [3.05, 3.63) is 22.4 Å². The summed E-state index contributed by atoms with van der Waals surface area (Å²) < 4.78 is 0. The third kappa shape index (κ3) is 2.48. The monoisotopic (exact) mass is 276 g/mol. The molecule has 19 heavy (non-hydrogen) atoms. The Morgan fingerprint density at radius 3 is 2.89 bits per heavy atom. The molecule has 3 atom stereocenters. The highest BCUT2D eigenvalue weighted by molar-refractivity contribution is 7.10. The molecule has 0 spiro atoms. The first-order chi connectivity index (χ1) is 9.42. The van der Waals surface area contributed by atoms with Gasteiger partial charge in [0.05, 0.1) is 0 Å². The second-order valence-electron chi connectivity index (χ2n) is 6.49. The summed E-state index contributed by atoms with van der Waals surface area (Å²) in [5.74, 6) is 0.913. The molecule has 0 amide bonds. The van der Waals surface area contributed by atoms with E-state index in [2.05, 4.69) is 27.7 Å². The standard InChI is InChI=1S/C16H24N2S/c1-2-9-18-10-8-13(14(18)4-1)17-16(12-6-7-12)15-5-3-11-19-15/h3,5,11-14,16-17H,1-2,4,6-10H2. The Bertz CT molecular complexity index is 412. The number of piperidine rings is 1. The smallest absolute Gasteiger partial charge is 0.0446 e. The van der Waals surface area contributed by atoms with Crippen LogP contribution in [0.5, 0.6) is 0 Å². The molecule has 0 radical (unpaired) electrons. The fraction of sp³-hybridized carbons (Fsp3) is 0.750. The highest BCUT2D eigenvalue weighted by Gasteiger charge is 2.40. The van der Waals surface area contributed by atoms with Gasteiger partial charge in [-0.25, -0.2) is 0 Å². The largest absolute Gasteiger partial charge is 0.305 e. The summed E-state index contributed by atoms with van der Waals surface area (Å²) in [6.07, 6.45) is 8.48. The van der Waals surface area contributed by atoms with E-state index in [1.807, 2.05) is 11.3 Å². The van der Waals surface area contributed by atoms with Crippen molar-refractivity contribution >= 4 is 11.3 Å². The van der Waals surface area contributed by atoms with Crippen molar-refractivity contribution < 1.29 is 0 Å². The molecular weight excluding hydrogens is 252 g/mol. The highest BCUT2D eigenvalue weighted by Crippen LogP contribution is 2.43. The third-order valence-electron chi connectivity index (χ3n) is 5.19. The Labute approximate surface area is 120 Å². The molecule has 1 N–H and O–H groups in total. The van der Waals surface area contributed by atoms with Gasteiger partial charge >= 0.3 is 0 Å². The second kappa shape index (κ2) is 5.19. The Hall–Kier alpha value is -0.380. The summed E-state index contributed by atoms with van der Waals surface area (Å²) in [7, 11) is 0. The molecule has 2 nitrogen and oxygen atoms in total. The van der Waals surface area contributed by atoms with E-state index < -0.39 is 0 Å². The summed E-state index contributed by atoms with van der Waals surface area (Å²) >= 11 is 1.94. The Balaban J connectivity index is 1.47. The summed E-state index contributed by atoms with van der Waals surface area (Å²) in [4.78, 5) is 4.30. The maximum Gasteiger partial charge on any atom is 0.0446 e. The zero-order valence-electron chi connectivity index (χ0n) is 11.6. The number of nitrogens with one attached hydrogen (secondary N) is 1. The molecule has 1 saturated carbocycles. The number of nitrogens with zero attached hydrogens (tertiary/aromatic N) is 1. The molecule has 1 aromatic heterocycles. The van der Waals surface area contributed by atoms with Crippen LogP contribution < -0.4 is 5.32 Å². The molecule has 3 heteroatoms. The van der Waals surface area contributed by atoms with Gasteiger partial charge < -0.3 is 5.32 Å². The quantitative estimate of drug-likeness (QED) is 0.906. The summed E-state index contributed by atoms with van der Waals surface area (Å²) in [5.41, 5.74) is 0. The minimum Gasteiger partial charge on any atom is -0.305 e. The number of thiophene rings is 1. The van der Waals surface area contributed by atoms with Gasteiger partial charge in [-0.1, -0.05) is 12.5 Å². The summed E-state index contributed by atoms with van der Waals surface area (Å²) in [6, 6.07) is 6.75. The van der Waals surface area contributed by atoms with Crippen LogP contribution in [-0.2, 0) is 0 Å². The average molecular weight is 276 g/mol. The predicted molar refractivity (Wildman–Crippen MR) is 80.5 cm³/mol. The number of hydrogen-bond donors (Lipinski definition) is 1. The van der Waals surface area contributed by atoms with E-state index in [1.54, 1.807) is 4.88 Å². The van der Waals surface area contributed by atoms with Crippen LogP contribution in [0.2, 0.25) is 0 Å². The molecule has 0 bridgehead atoms. The van der Waals surface area contributed by atoms with Crippen molar-refractivity contribution in [2.45, 2.75) is 56.7 Å².